The number of carbonyl (C=O) groups excluding carboxylic acids is 1. The average Bonchev–Trinajstić information content (AvgIpc) is 3.15. The fourth-order valence-electron chi connectivity index (χ4n) is 4.91. The highest BCUT2D eigenvalue weighted by Crippen LogP contribution is 2.42. The molecule has 124 valence electrons. The van der Waals surface area contributed by atoms with Crippen LogP contribution in [0.4, 0.5) is 4.39 Å². The van der Waals surface area contributed by atoms with Crippen LogP contribution in [0.15, 0.2) is 24.3 Å². The highest BCUT2D eigenvalue weighted by molar-refractivity contribution is 5.88. The minimum absolute atomic E-state index is 0.118. The van der Waals surface area contributed by atoms with Gasteiger partial charge in [-0.3, -0.25) is 4.79 Å². The second-order valence-corrected chi connectivity index (χ2v) is 7.58. The molecular weight excluding hydrogens is 291 g/mol. The van der Waals surface area contributed by atoms with Gasteiger partial charge in [-0.1, -0.05) is 25.0 Å². The summed E-state index contributed by atoms with van der Waals surface area (Å²) in [4.78, 5) is 13.1. The molecule has 2 saturated heterocycles. The zero-order valence-electron chi connectivity index (χ0n) is 13.5. The molecule has 4 heteroatoms. The van der Waals surface area contributed by atoms with Crippen LogP contribution in [0.5, 0.6) is 0 Å². The molecule has 0 radical (unpaired) electrons. The molecule has 2 aliphatic heterocycles. The summed E-state index contributed by atoms with van der Waals surface area (Å²) in [5.74, 6) is -0.131. The van der Waals surface area contributed by atoms with E-state index in [1.807, 2.05) is 6.07 Å². The summed E-state index contributed by atoms with van der Waals surface area (Å²) >= 11 is 0. The summed E-state index contributed by atoms with van der Waals surface area (Å²) in [7, 11) is 0. The molecule has 2 atom stereocenters. The van der Waals surface area contributed by atoms with Gasteiger partial charge in [0.1, 0.15) is 5.82 Å². The summed E-state index contributed by atoms with van der Waals surface area (Å²) in [6, 6.07) is 8.04. The van der Waals surface area contributed by atoms with Crippen molar-refractivity contribution in [1.29, 1.82) is 0 Å². The van der Waals surface area contributed by atoms with Crippen LogP contribution in [-0.4, -0.2) is 24.0 Å². The van der Waals surface area contributed by atoms with Crippen LogP contribution in [0.2, 0.25) is 0 Å². The maximum atomic E-state index is 13.7. The van der Waals surface area contributed by atoms with Gasteiger partial charge in [-0.25, -0.2) is 4.39 Å². The number of fused-ring (bicyclic) bond motifs is 2. The lowest BCUT2D eigenvalue weighted by Crippen LogP contribution is -2.52. The van der Waals surface area contributed by atoms with Gasteiger partial charge in [0.15, 0.2) is 0 Å². The lowest BCUT2D eigenvalue weighted by atomic mass is 9.77. The summed E-state index contributed by atoms with van der Waals surface area (Å²) in [5, 5.41) is 6.93. The standard InChI is InChI=1S/C19H25FN2O/c20-14-5-3-4-13(10-14)19(8-1-2-9-19)18(23)22-17-11-15-6-7-16(12-17)21-15/h3-5,10,15-17,21H,1-2,6-9,11-12H2,(H,22,23). The van der Waals surface area contributed by atoms with Crippen LogP contribution in [0.1, 0.15) is 56.9 Å². The normalized spacial score (nSPS) is 32.0. The van der Waals surface area contributed by atoms with Crippen LogP contribution in [0.3, 0.4) is 0 Å². The molecule has 23 heavy (non-hydrogen) atoms. The average molecular weight is 316 g/mol. The van der Waals surface area contributed by atoms with Crippen molar-refractivity contribution in [2.45, 2.75) is 74.9 Å². The molecular formula is C19H25FN2O. The Balaban J connectivity index is 1.54. The largest absolute Gasteiger partial charge is 0.352 e. The van der Waals surface area contributed by atoms with Gasteiger partial charge in [-0.2, -0.15) is 0 Å². The molecule has 1 aromatic rings. The minimum Gasteiger partial charge on any atom is -0.352 e. The van der Waals surface area contributed by atoms with Crippen molar-refractivity contribution in [2.75, 3.05) is 0 Å². The number of carbonyl (C=O) groups is 1. The number of amides is 1. The molecule has 2 heterocycles. The Morgan fingerprint density at radius 1 is 1.17 bits per heavy atom. The molecule has 1 aliphatic carbocycles. The van der Waals surface area contributed by atoms with Crippen molar-refractivity contribution in [3.8, 4) is 0 Å². The zero-order valence-corrected chi connectivity index (χ0v) is 13.5. The van der Waals surface area contributed by atoms with Crippen molar-refractivity contribution in [3.05, 3.63) is 35.6 Å². The van der Waals surface area contributed by atoms with E-state index in [1.165, 1.54) is 18.9 Å². The van der Waals surface area contributed by atoms with Crippen LogP contribution in [0, 0.1) is 5.82 Å². The van der Waals surface area contributed by atoms with Gasteiger partial charge in [-0.15, -0.1) is 0 Å². The Bertz CT molecular complexity index is 585. The number of nitrogens with one attached hydrogen (secondary N) is 2. The molecule has 1 aromatic carbocycles. The molecule has 1 saturated carbocycles. The quantitative estimate of drug-likeness (QED) is 0.900. The Morgan fingerprint density at radius 3 is 2.52 bits per heavy atom. The smallest absolute Gasteiger partial charge is 0.230 e. The minimum atomic E-state index is -0.522. The maximum absolute atomic E-state index is 13.7. The van der Waals surface area contributed by atoms with Crippen molar-refractivity contribution < 1.29 is 9.18 Å². The van der Waals surface area contributed by atoms with E-state index in [2.05, 4.69) is 10.6 Å². The van der Waals surface area contributed by atoms with Crippen LogP contribution in [-0.2, 0) is 10.2 Å². The van der Waals surface area contributed by atoms with Crippen molar-refractivity contribution >= 4 is 5.91 Å². The fraction of sp³-hybridized carbons (Fsp3) is 0.632. The molecule has 3 aliphatic rings. The van der Waals surface area contributed by atoms with Gasteiger partial charge in [0.2, 0.25) is 5.91 Å². The Morgan fingerprint density at radius 2 is 1.87 bits per heavy atom. The van der Waals surface area contributed by atoms with E-state index in [0.29, 0.717) is 12.1 Å². The van der Waals surface area contributed by atoms with Gasteiger partial charge in [0.05, 0.1) is 5.41 Å². The van der Waals surface area contributed by atoms with E-state index in [4.69, 9.17) is 0 Å². The number of halogens is 1. The first-order chi connectivity index (χ1) is 11.2. The topological polar surface area (TPSA) is 41.1 Å². The van der Waals surface area contributed by atoms with Crippen molar-refractivity contribution in [3.63, 3.8) is 0 Å². The highest BCUT2D eigenvalue weighted by Gasteiger charge is 2.44. The molecule has 1 amide bonds. The Hall–Kier alpha value is -1.42. The monoisotopic (exact) mass is 316 g/mol. The third-order valence-electron chi connectivity index (χ3n) is 6.08. The number of piperidine rings is 1. The fourth-order valence-corrected chi connectivity index (χ4v) is 4.91. The number of hydrogen-bond acceptors (Lipinski definition) is 2. The van der Waals surface area contributed by atoms with E-state index in [1.54, 1.807) is 12.1 Å². The molecule has 0 aromatic heterocycles. The molecule has 4 rings (SSSR count). The van der Waals surface area contributed by atoms with Gasteiger partial charge in [0, 0.05) is 18.1 Å². The summed E-state index contributed by atoms with van der Waals surface area (Å²) in [6.07, 6.45) is 8.27. The number of hydrogen-bond donors (Lipinski definition) is 2. The van der Waals surface area contributed by atoms with Gasteiger partial charge >= 0.3 is 0 Å². The summed E-state index contributed by atoms with van der Waals surface area (Å²) in [6.45, 7) is 0. The summed E-state index contributed by atoms with van der Waals surface area (Å²) < 4.78 is 13.7. The van der Waals surface area contributed by atoms with E-state index in [0.717, 1.165) is 44.1 Å². The van der Waals surface area contributed by atoms with Crippen LogP contribution >= 0.6 is 0 Å². The second kappa shape index (κ2) is 5.90. The van der Waals surface area contributed by atoms with E-state index in [-0.39, 0.29) is 17.8 Å². The van der Waals surface area contributed by atoms with Gasteiger partial charge < -0.3 is 10.6 Å². The first kappa shape index (κ1) is 15.1. The molecule has 2 bridgehead atoms. The molecule has 2 unspecified atom stereocenters. The molecule has 0 spiro atoms. The van der Waals surface area contributed by atoms with Crippen LogP contribution < -0.4 is 10.6 Å². The predicted octanol–water partition coefficient (Wildman–Crippen LogP) is 3.04. The van der Waals surface area contributed by atoms with E-state index < -0.39 is 5.41 Å². The summed E-state index contributed by atoms with van der Waals surface area (Å²) in [5.41, 5.74) is 0.329. The van der Waals surface area contributed by atoms with Gasteiger partial charge in [0.25, 0.3) is 0 Å². The molecule has 3 nitrogen and oxygen atoms in total. The lowest BCUT2D eigenvalue weighted by Gasteiger charge is -2.34. The first-order valence-electron chi connectivity index (χ1n) is 8.99. The zero-order chi connectivity index (χ0) is 15.9. The SMILES string of the molecule is O=C(NC1CC2CCC(C1)N2)C1(c2cccc(F)c2)CCCC1. The Labute approximate surface area is 137 Å². The highest BCUT2D eigenvalue weighted by atomic mass is 19.1. The second-order valence-electron chi connectivity index (χ2n) is 7.58. The molecule has 3 fully saturated rings. The van der Waals surface area contributed by atoms with E-state index in [9.17, 15) is 9.18 Å². The first-order valence-corrected chi connectivity index (χ1v) is 8.99. The predicted molar refractivity (Wildman–Crippen MR) is 87.7 cm³/mol. The van der Waals surface area contributed by atoms with Crippen molar-refractivity contribution in [1.82, 2.24) is 10.6 Å². The number of rotatable bonds is 3. The molecule has 2 N–H and O–H groups in total. The van der Waals surface area contributed by atoms with Crippen molar-refractivity contribution in [2.24, 2.45) is 0 Å². The van der Waals surface area contributed by atoms with Gasteiger partial charge in [-0.05, 0) is 56.2 Å². The maximum Gasteiger partial charge on any atom is 0.230 e. The Kier molecular flexibility index (Phi) is 3.88. The third-order valence-corrected chi connectivity index (χ3v) is 6.08. The third kappa shape index (κ3) is 2.78. The number of benzene rings is 1. The lowest BCUT2D eigenvalue weighted by molar-refractivity contribution is -0.127. The van der Waals surface area contributed by atoms with E-state index >= 15 is 0 Å². The van der Waals surface area contributed by atoms with Crippen LogP contribution in [0.25, 0.3) is 0 Å².